The van der Waals surface area contributed by atoms with Crippen molar-refractivity contribution in [1.29, 1.82) is 0 Å². The molecule has 0 atom stereocenters. The number of benzene rings is 3. The number of rotatable bonds is 9. The Morgan fingerprint density at radius 3 is 2.03 bits per heavy atom. The molecule has 3 rings (SSSR count). The van der Waals surface area contributed by atoms with E-state index in [-0.39, 0.29) is 24.2 Å². The molecule has 0 aliphatic rings. The predicted molar refractivity (Wildman–Crippen MR) is 148 cm³/mol. The fraction of sp³-hybridized carbons (Fsp3) is 0.276. The third kappa shape index (κ3) is 9.06. The number of esters is 1. The Bertz CT molecular complexity index is 1250. The summed E-state index contributed by atoms with van der Waals surface area (Å²) in [6.45, 7) is 7.91. The first kappa shape index (κ1) is 27.9. The molecule has 8 heteroatoms. The van der Waals surface area contributed by atoms with Crippen LogP contribution >= 0.6 is 15.9 Å². The third-order valence-electron chi connectivity index (χ3n) is 5.48. The van der Waals surface area contributed by atoms with Crippen LogP contribution in [0.4, 0.5) is 11.4 Å². The fourth-order valence-electron chi connectivity index (χ4n) is 3.38. The molecule has 3 aromatic carbocycles. The van der Waals surface area contributed by atoms with Gasteiger partial charge >= 0.3 is 5.97 Å². The highest BCUT2D eigenvalue weighted by molar-refractivity contribution is 9.10. The summed E-state index contributed by atoms with van der Waals surface area (Å²) in [5, 5.41) is 5.43. The van der Waals surface area contributed by atoms with Crippen molar-refractivity contribution in [2.75, 3.05) is 17.2 Å². The van der Waals surface area contributed by atoms with E-state index < -0.39 is 18.5 Å². The van der Waals surface area contributed by atoms with Gasteiger partial charge in [-0.05, 0) is 78.1 Å². The number of halogens is 1. The normalized spacial score (nSPS) is 10.9. The lowest BCUT2D eigenvalue weighted by Crippen LogP contribution is -2.22. The van der Waals surface area contributed by atoms with Crippen LogP contribution in [0.2, 0.25) is 0 Å². The highest BCUT2D eigenvalue weighted by Gasteiger charge is 2.14. The highest BCUT2D eigenvalue weighted by atomic mass is 79.9. The van der Waals surface area contributed by atoms with Crippen LogP contribution in [0.25, 0.3) is 0 Å². The van der Waals surface area contributed by atoms with Crippen LogP contribution in [-0.2, 0) is 24.5 Å². The largest absolute Gasteiger partial charge is 0.457 e. The molecule has 0 aliphatic heterocycles. The summed E-state index contributed by atoms with van der Waals surface area (Å²) in [5.74, 6) is -0.0429. The molecule has 0 heterocycles. The molecule has 0 bridgehead atoms. The number of aryl methyl sites for hydroxylation is 1. The first-order valence-corrected chi connectivity index (χ1v) is 12.7. The van der Waals surface area contributed by atoms with Crippen LogP contribution in [0.3, 0.4) is 0 Å². The Hall–Kier alpha value is -3.65. The molecular formula is C29H31BrN2O5. The number of carbonyl (C=O) groups excluding carboxylic acids is 3. The Labute approximate surface area is 225 Å². The lowest BCUT2D eigenvalue weighted by molar-refractivity contribution is -0.147. The van der Waals surface area contributed by atoms with Crippen molar-refractivity contribution >= 4 is 45.1 Å². The number of anilines is 2. The lowest BCUT2D eigenvalue weighted by atomic mass is 9.87. The van der Waals surface area contributed by atoms with Gasteiger partial charge in [0.05, 0.1) is 6.42 Å². The Balaban J connectivity index is 1.38. The summed E-state index contributed by atoms with van der Waals surface area (Å²) in [7, 11) is 0. The minimum atomic E-state index is -0.626. The maximum atomic E-state index is 12.2. The zero-order chi connectivity index (χ0) is 27.0. The molecular weight excluding hydrogens is 536 g/mol. The molecule has 7 nitrogen and oxygen atoms in total. The Morgan fingerprint density at radius 2 is 1.43 bits per heavy atom. The lowest BCUT2D eigenvalue weighted by Gasteiger charge is -2.19. The van der Waals surface area contributed by atoms with Crippen molar-refractivity contribution in [3.63, 3.8) is 0 Å². The SMILES string of the molecule is Cc1cc(Br)ccc1NC(=O)COC(=O)CCC(=O)Nc1ccc(Oc2ccc(C(C)(C)C)cc2)cc1. The van der Waals surface area contributed by atoms with Crippen LogP contribution in [0.15, 0.2) is 71.2 Å². The summed E-state index contributed by atoms with van der Waals surface area (Å²) < 4.78 is 11.8. The van der Waals surface area contributed by atoms with Gasteiger partial charge in [0.2, 0.25) is 5.91 Å². The number of hydrogen-bond donors (Lipinski definition) is 2. The van der Waals surface area contributed by atoms with Gasteiger partial charge in [0.1, 0.15) is 11.5 Å². The van der Waals surface area contributed by atoms with Gasteiger partial charge < -0.3 is 20.1 Å². The van der Waals surface area contributed by atoms with Gasteiger partial charge in [-0.15, -0.1) is 0 Å². The summed E-state index contributed by atoms with van der Waals surface area (Å²) in [6.07, 6.45) is -0.202. The maximum Gasteiger partial charge on any atom is 0.306 e. The standard InChI is InChI=1S/C29H31BrN2O5/c1-19-17-21(30)7-14-25(19)32-27(34)18-36-28(35)16-15-26(33)31-22-8-12-24(13-9-22)37-23-10-5-20(6-11-23)29(2,3)4/h5-14,17H,15-16,18H2,1-4H3,(H,31,33)(H,32,34). The van der Waals surface area contributed by atoms with Crippen molar-refractivity contribution in [3.8, 4) is 11.5 Å². The molecule has 0 radical (unpaired) electrons. The van der Waals surface area contributed by atoms with Crippen molar-refractivity contribution in [1.82, 2.24) is 0 Å². The molecule has 0 aromatic heterocycles. The zero-order valence-electron chi connectivity index (χ0n) is 21.4. The molecule has 0 aliphatic carbocycles. The average molecular weight is 567 g/mol. The number of hydrogen-bond acceptors (Lipinski definition) is 5. The van der Waals surface area contributed by atoms with Gasteiger partial charge in [-0.2, -0.15) is 0 Å². The fourth-order valence-corrected chi connectivity index (χ4v) is 3.85. The maximum absolute atomic E-state index is 12.2. The minimum Gasteiger partial charge on any atom is -0.457 e. The molecule has 37 heavy (non-hydrogen) atoms. The topological polar surface area (TPSA) is 93.7 Å². The summed E-state index contributed by atoms with van der Waals surface area (Å²) in [5.41, 5.74) is 3.39. The van der Waals surface area contributed by atoms with Gasteiger partial charge in [-0.25, -0.2) is 0 Å². The number of nitrogens with one attached hydrogen (secondary N) is 2. The van der Waals surface area contributed by atoms with Crippen molar-refractivity contribution in [2.45, 2.75) is 46.0 Å². The van der Waals surface area contributed by atoms with Crippen LogP contribution in [0, 0.1) is 6.92 Å². The van der Waals surface area contributed by atoms with E-state index in [2.05, 4.69) is 47.3 Å². The van der Waals surface area contributed by atoms with Crippen LogP contribution in [0.1, 0.15) is 44.7 Å². The number of ether oxygens (including phenoxy) is 2. The third-order valence-corrected chi connectivity index (χ3v) is 5.97. The van der Waals surface area contributed by atoms with Crippen LogP contribution < -0.4 is 15.4 Å². The molecule has 3 aromatic rings. The zero-order valence-corrected chi connectivity index (χ0v) is 23.0. The molecule has 0 saturated heterocycles. The van der Waals surface area contributed by atoms with Gasteiger partial charge in [-0.3, -0.25) is 14.4 Å². The molecule has 2 N–H and O–H groups in total. The summed E-state index contributed by atoms with van der Waals surface area (Å²) in [6, 6.07) is 20.4. The molecule has 2 amide bonds. The monoisotopic (exact) mass is 566 g/mol. The summed E-state index contributed by atoms with van der Waals surface area (Å²) in [4.78, 5) is 36.2. The second-order valence-electron chi connectivity index (χ2n) is 9.62. The highest BCUT2D eigenvalue weighted by Crippen LogP contribution is 2.27. The Morgan fingerprint density at radius 1 is 0.811 bits per heavy atom. The second kappa shape index (κ2) is 12.5. The van der Waals surface area contributed by atoms with Crippen molar-refractivity contribution in [3.05, 3.63) is 82.3 Å². The molecule has 0 unspecified atom stereocenters. The van der Waals surface area contributed by atoms with E-state index in [1.807, 2.05) is 37.3 Å². The van der Waals surface area contributed by atoms with Gasteiger partial charge in [0.25, 0.3) is 5.91 Å². The van der Waals surface area contributed by atoms with E-state index in [0.29, 0.717) is 17.1 Å². The van der Waals surface area contributed by atoms with E-state index in [9.17, 15) is 14.4 Å². The van der Waals surface area contributed by atoms with E-state index >= 15 is 0 Å². The quantitative estimate of drug-likeness (QED) is 0.279. The predicted octanol–water partition coefficient (Wildman–Crippen LogP) is 6.75. The molecule has 0 spiro atoms. The summed E-state index contributed by atoms with van der Waals surface area (Å²) >= 11 is 3.36. The van der Waals surface area contributed by atoms with Gasteiger partial charge in [0.15, 0.2) is 6.61 Å². The van der Waals surface area contributed by atoms with Crippen LogP contribution in [-0.4, -0.2) is 24.4 Å². The van der Waals surface area contributed by atoms with Crippen LogP contribution in [0.5, 0.6) is 11.5 Å². The Kier molecular flexibility index (Phi) is 9.47. The van der Waals surface area contributed by atoms with Gasteiger partial charge in [-0.1, -0.05) is 48.8 Å². The second-order valence-corrected chi connectivity index (χ2v) is 10.5. The van der Waals surface area contributed by atoms with Gasteiger partial charge in [0, 0.05) is 22.3 Å². The molecule has 0 fully saturated rings. The first-order valence-electron chi connectivity index (χ1n) is 11.9. The minimum absolute atomic E-state index is 0.0648. The van der Waals surface area contributed by atoms with E-state index in [1.165, 1.54) is 5.56 Å². The van der Waals surface area contributed by atoms with E-state index in [4.69, 9.17) is 9.47 Å². The van der Waals surface area contributed by atoms with Crippen molar-refractivity contribution < 1.29 is 23.9 Å². The molecule has 194 valence electrons. The van der Waals surface area contributed by atoms with E-state index in [0.717, 1.165) is 15.8 Å². The number of carbonyl (C=O) groups is 3. The van der Waals surface area contributed by atoms with E-state index in [1.54, 1.807) is 36.4 Å². The van der Waals surface area contributed by atoms with Crippen molar-refractivity contribution in [2.24, 2.45) is 0 Å². The molecule has 0 saturated carbocycles. The average Bonchev–Trinajstić information content (AvgIpc) is 2.84. The number of amides is 2. The first-order chi connectivity index (χ1) is 17.5. The smallest absolute Gasteiger partial charge is 0.306 e.